The number of hydrogen-bond acceptors (Lipinski definition) is 6. The molecule has 7 nitrogen and oxygen atoms in total. The number of nitrogens with one attached hydrogen (secondary N) is 1. The Bertz CT molecular complexity index is 1050. The van der Waals surface area contributed by atoms with Gasteiger partial charge in [0.2, 0.25) is 11.9 Å². The molecule has 9 heteroatoms. The third-order valence-corrected chi connectivity index (χ3v) is 6.46. The molecule has 3 aromatic rings. The van der Waals surface area contributed by atoms with Crippen LogP contribution in [-0.4, -0.2) is 52.7 Å². The maximum Gasteiger partial charge on any atom is 0.232 e. The number of halogens is 1. The normalized spacial score (nSPS) is 14.9. The average Bonchev–Trinajstić information content (AvgIpc) is 3.23. The van der Waals surface area contributed by atoms with Crippen molar-refractivity contribution in [1.29, 1.82) is 0 Å². The van der Waals surface area contributed by atoms with Gasteiger partial charge in [-0.2, -0.15) is 0 Å². The van der Waals surface area contributed by atoms with E-state index in [4.69, 9.17) is 16.3 Å². The van der Waals surface area contributed by atoms with Crippen molar-refractivity contribution in [3.63, 3.8) is 0 Å². The van der Waals surface area contributed by atoms with Crippen molar-refractivity contribution in [2.75, 3.05) is 37.0 Å². The molecule has 4 rings (SSSR count). The number of amides is 1. The SMILES string of the molecule is Cc1ccc(-n2c(SCC(=O)NC(C)c3ccc(Cl)cc3)nnc2N2CCOCC2)cc1. The van der Waals surface area contributed by atoms with Gasteiger partial charge in [-0.25, -0.2) is 0 Å². The van der Waals surface area contributed by atoms with Crippen molar-refractivity contribution < 1.29 is 9.53 Å². The number of rotatable bonds is 7. The molecule has 0 radical (unpaired) electrons. The number of hydrogen-bond donors (Lipinski definition) is 1. The lowest BCUT2D eigenvalue weighted by molar-refractivity contribution is -0.119. The first-order chi connectivity index (χ1) is 15.5. The van der Waals surface area contributed by atoms with Crippen LogP contribution in [0.25, 0.3) is 5.69 Å². The first-order valence-corrected chi connectivity index (χ1v) is 11.9. The molecule has 0 spiro atoms. The summed E-state index contributed by atoms with van der Waals surface area (Å²) >= 11 is 7.33. The van der Waals surface area contributed by atoms with Crippen molar-refractivity contribution in [1.82, 2.24) is 20.1 Å². The molecule has 2 heterocycles. The minimum absolute atomic E-state index is 0.0659. The third kappa shape index (κ3) is 5.43. The van der Waals surface area contributed by atoms with Crippen LogP contribution in [0.4, 0.5) is 5.95 Å². The van der Waals surface area contributed by atoms with Gasteiger partial charge >= 0.3 is 0 Å². The van der Waals surface area contributed by atoms with Gasteiger partial charge in [-0.3, -0.25) is 9.36 Å². The molecular formula is C23H26ClN5O2S. The predicted octanol–water partition coefficient (Wildman–Crippen LogP) is 4.04. The first-order valence-electron chi connectivity index (χ1n) is 10.5. The zero-order valence-corrected chi connectivity index (χ0v) is 19.7. The highest BCUT2D eigenvalue weighted by atomic mass is 35.5. The molecule has 1 aromatic heterocycles. The molecule has 1 atom stereocenters. The first kappa shape index (κ1) is 22.6. The minimum Gasteiger partial charge on any atom is -0.378 e. The summed E-state index contributed by atoms with van der Waals surface area (Å²) in [5, 5.41) is 13.3. The Morgan fingerprint density at radius 2 is 1.81 bits per heavy atom. The van der Waals surface area contributed by atoms with Crippen LogP contribution in [0.15, 0.2) is 53.7 Å². The summed E-state index contributed by atoms with van der Waals surface area (Å²) in [5.41, 5.74) is 3.16. The number of aromatic nitrogens is 3. The largest absolute Gasteiger partial charge is 0.378 e. The van der Waals surface area contributed by atoms with Crippen LogP contribution < -0.4 is 10.2 Å². The van der Waals surface area contributed by atoms with E-state index in [2.05, 4.69) is 51.6 Å². The molecule has 1 saturated heterocycles. The van der Waals surface area contributed by atoms with Crippen molar-refractivity contribution in [2.24, 2.45) is 0 Å². The lowest BCUT2D eigenvalue weighted by Gasteiger charge is -2.28. The summed E-state index contributed by atoms with van der Waals surface area (Å²) in [5.74, 6) is 0.948. The van der Waals surface area contributed by atoms with E-state index in [1.165, 1.54) is 17.3 Å². The second-order valence-electron chi connectivity index (χ2n) is 7.68. The average molecular weight is 472 g/mol. The van der Waals surface area contributed by atoms with E-state index in [1.54, 1.807) is 0 Å². The summed E-state index contributed by atoms with van der Waals surface area (Å²) < 4.78 is 7.50. The standard InChI is InChI=1S/C23H26ClN5O2S/c1-16-3-9-20(10-4-16)29-22(28-11-13-31-14-12-28)26-27-23(29)32-15-21(30)25-17(2)18-5-7-19(24)8-6-18/h3-10,17H,11-15H2,1-2H3,(H,25,30). The summed E-state index contributed by atoms with van der Waals surface area (Å²) in [4.78, 5) is 14.8. The topological polar surface area (TPSA) is 72.3 Å². The number of aryl methyl sites for hydroxylation is 1. The number of nitrogens with zero attached hydrogens (tertiary/aromatic N) is 4. The van der Waals surface area contributed by atoms with Gasteiger partial charge in [-0.05, 0) is 43.7 Å². The Kier molecular flexibility index (Phi) is 7.34. The monoisotopic (exact) mass is 471 g/mol. The van der Waals surface area contributed by atoms with E-state index >= 15 is 0 Å². The van der Waals surface area contributed by atoms with Gasteiger partial charge in [0.25, 0.3) is 0 Å². The predicted molar refractivity (Wildman–Crippen MR) is 128 cm³/mol. The van der Waals surface area contributed by atoms with Crippen LogP contribution in [0.5, 0.6) is 0 Å². The molecular weight excluding hydrogens is 446 g/mol. The van der Waals surface area contributed by atoms with Gasteiger partial charge in [0.05, 0.1) is 30.7 Å². The number of thioether (sulfide) groups is 1. The number of benzene rings is 2. The number of anilines is 1. The molecule has 32 heavy (non-hydrogen) atoms. The van der Waals surface area contributed by atoms with Gasteiger partial charge in [0.15, 0.2) is 5.16 Å². The van der Waals surface area contributed by atoms with E-state index in [0.29, 0.717) is 23.4 Å². The van der Waals surface area contributed by atoms with E-state index < -0.39 is 0 Å². The summed E-state index contributed by atoms with van der Waals surface area (Å²) in [6, 6.07) is 15.6. The molecule has 1 aliphatic heterocycles. The Hall–Kier alpha value is -2.55. The Labute approximate surface area is 197 Å². The Balaban J connectivity index is 1.49. The highest BCUT2D eigenvalue weighted by Crippen LogP contribution is 2.27. The van der Waals surface area contributed by atoms with Gasteiger partial charge in [-0.15, -0.1) is 10.2 Å². The zero-order valence-electron chi connectivity index (χ0n) is 18.1. The molecule has 1 fully saturated rings. The lowest BCUT2D eigenvalue weighted by atomic mass is 10.1. The number of ether oxygens (including phenoxy) is 1. The van der Waals surface area contributed by atoms with E-state index in [0.717, 1.165) is 30.3 Å². The highest BCUT2D eigenvalue weighted by molar-refractivity contribution is 7.99. The fourth-order valence-electron chi connectivity index (χ4n) is 3.49. The summed E-state index contributed by atoms with van der Waals surface area (Å²) in [7, 11) is 0. The van der Waals surface area contributed by atoms with Crippen LogP contribution in [0.1, 0.15) is 24.1 Å². The second kappa shape index (κ2) is 10.4. The van der Waals surface area contributed by atoms with Crippen molar-refractivity contribution in [3.8, 4) is 5.69 Å². The van der Waals surface area contributed by atoms with E-state index in [-0.39, 0.29) is 17.7 Å². The maximum atomic E-state index is 12.6. The molecule has 1 aliphatic rings. The fourth-order valence-corrected chi connectivity index (χ4v) is 4.38. The Morgan fingerprint density at radius 1 is 1.12 bits per heavy atom. The van der Waals surface area contributed by atoms with Crippen LogP contribution in [-0.2, 0) is 9.53 Å². The van der Waals surface area contributed by atoms with Gasteiger partial charge in [-0.1, -0.05) is 53.2 Å². The molecule has 1 N–H and O–H groups in total. The molecule has 0 aliphatic carbocycles. The van der Waals surface area contributed by atoms with Crippen molar-refractivity contribution in [2.45, 2.75) is 25.0 Å². The van der Waals surface area contributed by atoms with Crippen LogP contribution in [0.2, 0.25) is 5.02 Å². The molecule has 1 unspecified atom stereocenters. The maximum absolute atomic E-state index is 12.6. The van der Waals surface area contributed by atoms with Crippen LogP contribution in [0.3, 0.4) is 0 Å². The van der Waals surface area contributed by atoms with Crippen molar-refractivity contribution >= 4 is 35.2 Å². The van der Waals surface area contributed by atoms with Crippen LogP contribution >= 0.6 is 23.4 Å². The molecule has 168 valence electrons. The molecule has 1 amide bonds. The van der Waals surface area contributed by atoms with E-state index in [1.807, 2.05) is 35.8 Å². The number of carbonyl (C=O) groups is 1. The number of carbonyl (C=O) groups excluding carboxylic acids is 1. The van der Waals surface area contributed by atoms with Gasteiger partial charge < -0.3 is 15.0 Å². The molecule has 0 bridgehead atoms. The lowest BCUT2D eigenvalue weighted by Crippen LogP contribution is -2.37. The second-order valence-corrected chi connectivity index (χ2v) is 9.06. The quantitative estimate of drug-likeness (QED) is 0.524. The van der Waals surface area contributed by atoms with Crippen LogP contribution in [0, 0.1) is 6.92 Å². The fraction of sp³-hybridized carbons (Fsp3) is 0.348. The molecule has 2 aromatic carbocycles. The van der Waals surface area contributed by atoms with E-state index in [9.17, 15) is 4.79 Å². The number of morpholine rings is 1. The van der Waals surface area contributed by atoms with Gasteiger partial charge in [0, 0.05) is 18.1 Å². The smallest absolute Gasteiger partial charge is 0.232 e. The zero-order chi connectivity index (χ0) is 22.5. The summed E-state index contributed by atoms with van der Waals surface area (Å²) in [6.45, 7) is 6.85. The summed E-state index contributed by atoms with van der Waals surface area (Å²) in [6.07, 6.45) is 0. The van der Waals surface area contributed by atoms with Crippen molar-refractivity contribution in [3.05, 3.63) is 64.7 Å². The minimum atomic E-state index is -0.112. The highest BCUT2D eigenvalue weighted by Gasteiger charge is 2.22. The third-order valence-electron chi connectivity index (χ3n) is 5.28. The molecule has 0 saturated carbocycles. The Morgan fingerprint density at radius 3 is 2.50 bits per heavy atom. The van der Waals surface area contributed by atoms with Gasteiger partial charge in [0.1, 0.15) is 0 Å².